The van der Waals surface area contributed by atoms with Gasteiger partial charge in [0.15, 0.2) is 0 Å². The molecule has 1 aliphatic heterocycles. The van der Waals surface area contributed by atoms with Crippen molar-refractivity contribution < 1.29 is 4.79 Å². The summed E-state index contributed by atoms with van der Waals surface area (Å²) >= 11 is 0. The lowest BCUT2D eigenvalue weighted by Gasteiger charge is -2.34. The summed E-state index contributed by atoms with van der Waals surface area (Å²) in [6, 6.07) is 2.36. The van der Waals surface area contributed by atoms with E-state index in [1.165, 1.54) is 0 Å². The minimum Gasteiger partial charge on any atom is -0.358 e. The van der Waals surface area contributed by atoms with Gasteiger partial charge in [-0.15, -0.1) is 0 Å². The molecule has 2 rings (SSSR count). The maximum Gasteiger partial charge on any atom is 0.238 e. The van der Waals surface area contributed by atoms with Crippen LogP contribution in [0, 0.1) is 0 Å². The topological polar surface area (TPSA) is 62.2 Å². The minimum absolute atomic E-state index is 0.0681. The number of rotatable bonds is 5. The van der Waals surface area contributed by atoms with E-state index in [2.05, 4.69) is 40.5 Å². The van der Waals surface area contributed by atoms with Gasteiger partial charge in [0.25, 0.3) is 0 Å². The second kappa shape index (κ2) is 6.85. The van der Waals surface area contributed by atoms with Crippen LogP contribution in [0.2, 0.25) is 0 Å². The largest absolute Gasteiger partial charge is 0.358 e. The Labute approximate surface area is 120 Å². The van der Waals surface area contributed by atoms with Crippen molar-refractivity contribution in [3.63, 3.8) is 0 Å². The van der Waals surface area contributed by atoms with Gasteiger partial charge in [0, 0.05) is 45.5 Å². The molecule has 0 radical (unpaired) electrons. The van der Waals surface area contributed by atoms with E-state index in [0.29, 0.717) is 12.6 Å². The molecule has 0 bridgehead atoms. The molecule has 6 heteroatoms. The summed E-state index contributed by atoms with van der Waals surface area (Å²) in [5, 5.41) is 10.6. The SMILES string of the molecule is CCC(C)n1ccc(CN2CCNCC2C(=O)NC)n1. The third-order valence-corrected chi connectivity index (χ3v) is 3.97. The minimum atomic E-state index is -0.109. The van der Waals surface area contributed by atoms with Crippen molar-refractivity contribution in [1.82, 2.24) is 25.3 Å². The van der Waals surface area contributed by atoms with Gasteiger partial charge in [0.2, 0.25) is 5.91 Å². The van der Waals surface area contributed by atoms with E-state index in [-0.39, 0.29) is 11.9 Å². The lowest BCUT2D eigenvalue weighted by Crippen LogP contribution is -2.56. The number of aromatic nitrogens is 2. The number of amides is 1. The summed E-state index contributed by atoms with van der Waals surface area (Å²) in [5.41, 5.74) is 1.03. The van der Waals surface area contributed by atoms with Crippen molar-refractivity contribution in [2.75, 3.05) is 26.7 Å². The molecule has 20 heavy (non-hydrogen) atoms. The summed E-state index contributed by atoms with van der Waals surface area (Å²) < 4.78 is 2.01. The Morgan fingerprint density at radius 1 is 1.65 bits per heavy atom. The highest BCUT2D eigenvalue weighted by molar-refractivity contribution is 5.81. The van der Waals surface area contributed by atoms with Crippen molar-refractivity contribution in [3.05, 3.63) is 18.0 Å². The first kappa shape index (κ1) is 15.0. The maximum absolute atomic E-state index is 11.9. The fraction of sp³-hybridized carbons (Fsp3) is 0.714. The molecule has 6 nitrogen and oxygen atoms in total. The standard InChI is InChI=1S/C14H25N5O/c1-4-11(2)19-7-5-12(17-19)10-18-8-6-16-9-13(18)14(20)15-3/h5,7,11,13,16H,4,6,8-10H2,1-3H3,(H,15,20). The summed E-state index contributed by atoms with van der Waals surface area (Å²) in [6.07, 6.45) is 3.09. The molecule has 2 heterocycles. The van der Waals surface area contributed by atoms with E-state index in [9.17, 15) is 4.79 Å². The zero-order valence-electron chi connectivity index (χ0n) is 12.6. The van der Waals surface area contributed by atoms with Crippen molar-refractivity contribution >= 4 is 5.91 Å². The fourth-order valence-electron chi connectivity index (χ4n) is 2.46. The predicted molar refractivity (Wildman–Crippen MR) is 78.4 cm³/mol. The van der Waals surface area contributed by atoms with Crippen LogP contribution < -0.4 is 10.6 Å². The van der Waals surface area contributed by atoms with Crippen LogP contribution in [-0.2, 0) is 11.3 Å². The monoisotopic (exact) mass is 279 g/mol. The van der Waals surface area contributed by atoms with Crippen LogP contribution in [0.5, 0.6) is 0 Å². The number of carbonyl (C=O) groups excluding carboxylic acids is 1. The van der Waals surface area contributed by atoms with E-state index in [1.54, 1.807) is 7.05 Å². The van der Waals surface area contributed by atoms with Crippen LogP contribution in [0.25, 0.3) is 0 Å². The Hall–Kier alpha value is -1.40. The van der Waals surface area contributed by atoms with E-state index in [4.69, 9.17) is 0 Å². The highest BCUT2D eigenvalue weighted by atomic mass is 16.2. The Morgan fingerprint density at radius 2 is 2.45 bits per heavy atom. The van der Waals surface area contributed by atoms with Gasteiger partial charge in [-0.3, -0.25) is 14.4 Å². The van der Waals surface area contributed by atoms with Gasteiger partial charge in [-0.1, -0.05) is 6.92 Å². The van der Waals surface area contributed by atoms with Gasteiger partial charge >= 0.3 is 0 Å². The van der Waals surface area contributed by atoms with Gasteiger partial charge in [0.1, 0.15) is 6.04 Å². The van der Waals surface area contributed by atoms with Crippen molar-refractivity contribution in [1.29, 1.82) is 0 Å². The number of likely N-dealkylation sites (N-methyl/N-ethyl adjacent to an activating group) is 1. The fourth-order valence-corrected chi connectivity index (χ4v) is 2.46. The van der Waals surface area contributed by atoms with Crippen molar-refractivity contribution in [3.8, 4) is 0 Å². The summed E-state index contributed by atoms with van der Waals surface area (Å²) in [5.74, 6) is 0.0681. The third kappa shape index (κ3) is 3.37. The smallest absolute Gasteiger partial charge is 0.238 e. The Balaban J connectivity index is 2.03. The van der Waals surface area contributed by atoms with Crippen LogP contribution in [0.1, 0.15) is 32.0 Å². The molecule has 1 aromatic rings. The maximum atomic E-state index is 11.9. The Bertz CT molecular complexity index is 445. The molecular weight excluding hydrogens is 254 g/mol. The average Bonchev–Trinajstić information content (AvgIpc) is 2.94. The van der Waals surface area contributed by atoms with Gasteiger partial charge in [-0.05, 0) is 19.4 Å². The highest BCUT2D eigenvalue weighted by Crippen LogP contribution is 2.13. The first-order valence-corrected chi connectivity index (χ1v) is 7.36. The molecule has 1 amide bonds. The molecule has 0 aromatic carbocycles. The number of nitrogens with one attached hydrogen (secondary N) is 2. The number of piperazine rings is 1. The van der Waals surface area contributed by atoms with Crippen LogP contribution in [0.4, 0.5) is 0 Å². The molecule has 0 aliphatic carbocycles. The quantitative estimate of drug-likeness (QED) is 0.818. The first-order chi connectivity index (χ1) is 9.65. The Morgan fingerprint density at radius 3 is 3.15 bits per heavy atom. The van der Waals surface area contributed by atoms with E-state index < -0.39 is 0 Å². The Kier molecular flexibility index (Phi) is 5.14. The van der Waals surface area contributed by atoms with E-state index in [1.807, 2.05) is 10.9 Å². The number of hydrogen-bond donors (Lipinski definition) is 2. The summed E-state index contributed by atoms with van der Waals surface area (Å²) in [6.45, 7) is 7.53. The lowest BCUT2D eigenvalue weighted by atomic mass is 10.1. The summed E-state index contributed by atoms with van der Waals surface area (Å²) in [4.78, 5) is 14.1. The molecule has 1 fully saturated rings. The molecule has 2 unspecified atom stereocenters. The van der Waals surface area contributed by atoms with Gasteiger partial charge in [-0.25, -0.2) is 0 Å². The molecule has 112 valence electrons. The molecule has 0 spiro atoms. The first-order valence-electron chi connectivity index (χ1n) is 7.36. The van der Waals surface area contributed by atoms with E-state index >= 15 is 0 Å². The average molecular weight is 279 g/mol. The second-order valence-corrected chi connectivity index (χ2v) is 5.35. The number of nitrogens with zero attached hydrogens (tertiary/aromatic N) is 3. The van der Waals surface area contributed by atoms with Gasteiger partial charge in [-0.2, -0.15) is 5.10 Å². The zero-order chi connectivity index (χ0) is 14.5. The zero-order valence-corrected chi connectivity index (χ0v) is 12.6. The normalized spacial score (nSPS) is 21.6. The third-order valence-electron chi connectivity index (χ3n) is 3.97. The van der Waals surface area contributed by atoms with Crippen LogP contribution >= 0.6 is 0 Å². The molecule has 1 aromatic heterocycles. The molecule has 0 saturated carbocycles. The second-order valence-electron chi connectivity index (χ2n) is 5.35. The number of carbonyl (C=O) groups is 1. The molecule has 2 atom stereocenters. The van der Waals surface area contributed by atoms with Gasteiger partial charge in [0.05, 0.1) is 5.69 Å². The lowest BCUT2D eigenvalue weighted by molar-refractivity contribution is -0.126. The molecule has 1 saturated heterocycles. The van der Waals surface area contributed by atoms with Crippen LogP contribution in [0.15, 0.2) is 12.3 Å². The van der Waals surface area contributed by atoms with Crippen molar-refractivity contribution in [2.24, 2.45) is 0 Å². The molecule has 2 N–H and O–H groups in total. The van der Waals surface area contributed by atoms with Crippen LogP contribution in [0.3, 0.4) is 0 Å². The number of hydrogen-bond acceptors (Lipinski definition) is 4. The van der Waals surface area contributed by atoms with Gasteiger partial charge < -0.3 is 10.6 Å². The summed E-state index contributed by atoms with van der Waals surface area (Å²) in [7, 11) is 1.69. The van der Waals surface area contributed by atoms with Crippen molar-refractivity contribution in [2.45, 2.75) is 38.9 Å². The highest BCUT2D eigenvalue weighted by Gasteiger charge is 2.28. The predicted octanol–water partition coefficient (Wildman–Crippen LogP) is 0.374. The molecule has 1 aliphatic rings. The van der Waals surface area contributed by atoms with Crippen LogP contribution in [-0.4, -0.2) is 53.3 Å². The molecular formula is C14H25N5O. The van der Waals surface area contributed by atoms with E-state index in [0.717, 1.165) is 31.7 Å².